The fraction of sp³-hybridized carbons (Fsp3) is 0.500. The molecule has 0 bridgehead atoms. The molecular formula is C54H67ClN2O8S. The molecule has 4 aromatic carbocycles. The first-order chi connectivity index (χ1) is 31.5. The van der Waals surface area contributed by atoms with Gasteiger partial charge in [0.25, 0.3) is 0 Å². The van der Waals surface area contributed by atoms with Gasteiger partial charge in [-0.15, -0.1) is 0 Å². The maximum atomic E-state index is 14.7. The van der Waals surface area contributed by atoms with Gasteiger partial charge in [-0.05, 0) is 172 Å². The molecule has 0 unspecified atom stereocenters. The summed E-state index contributed by atoms with van der Waals surface area (Å²) in [4.78, 5) is 15.9. The third-order valence-electron chi connectivity index (χ3n) is 14.8. The average Bonchev–Trinajstić information content (AvgIpc) is 3.42. The zero-order valence-corrected chi connectivity index (χ0v) is 41.4. The molecule has 4 aromatic rings. The van der Waals surface area contributed by atoms with Crippen LogP contribution in [0.3, 0.4) is 0 Å². The van der Waals surface area contributed by atoms with E-state index in [-0.39, 0.29) is 42.4 Å². The molecule has 354 valence electrons. The molecular weight excluding hydrogens is 872 g/mol. The van der Waals surface area contributed by atoms with Crippen molar-refractivity contribution >= 4 is 33.3 Å². The molecule has 1 spiro atoms. The molecule has 4 aliphatic rings. The smallest absolute Gasteiger partial charge is 0.338 e. The summed E-state index contributed by atoms with van der Waals surface area (Å²) in [5, 5.41) is 0.123. The number of hydrogen-bond acceptors (Lipinski definition) is 9. The Morgan fingerprint density at radius 2 is 1.56 bits per heavy atom. The molecule has 0 aromatic heterocycles. The van der Waals surface area contributed by atoms with Crippen LogP contribution in [0.2, 0.25) is 5.02 Å². The molecule has 0 N–H and O–H groups in total. The minimum atomic E-state index is -3.75. The lowest BCUT2D eigenvalue weighted by atomic mass is 9.64. The third-order valence-corrected chi connectivity index (χ3v) is 17.4. The van der Waals surface area contributed by atoms with Crippen molar-refractivity contribution in [3.8, 4) is 17.2 Å². The van der Waals surface area contributed by atoms with Gasteiger partial charge in [0.1, 0.15) is 22.8 Å². The van der Waals surface area contributed by atoms with Crippen molar-refractivity contribution in [1.82, 2.24) is 4.31 Å². The lowest BCUT2D eigenvalue weighted by Gasteiger charge is -2.48. The Labute approximate surface area is 397 Å². The number of carbonyl (C=O) groups is 1. The number of rotatable bonds is 16. The maximum absolute atomic E-state index is 14.7. The lowest BCUT2D eigenvalue weighted by molar-refractivity contribution is -0.000501. The Hall–Kier alpha value is -4.55. The Bertz CT molecular complexity index is 2450. The molecule has 1 saturated carbocycles. The quantitative estimate of drug-likeness (QED) is 0.0802. The zero-order chi connectivity index (χ0) is 47.0. The summed E-state index contributed by atoms with van der Waals surface area (Å²) in [5.41, 5.74) is 6.15. The van der Waals surface area contributed by atoms with Gasteiger partial charge >= 0.3 is 5.97 Å². The van der Waals surface area contributed by atoms with Gasteiger partial charge in [0.15, 0.2) is 0 Å². The summed E-state index contributed by atoms with van der Waals surface area (Å²) in [6.45, 7) is 12.1. The van der Waals surface area contributed by atoms with E-state index in [1.165, 1.54) is 16.7 Å². The van der Waals surface area contributed by atoms with Gasteiger partial charge in [-0.25, -0.2) is 13.2 Å². The van der Waals surface area contributed by atoms with E-state index < -0.39 is 20.9 Å². The normalized spacial score (nSPS) is 22.9. The molecule has 8 rings (SSSR count). The van der Waals surface area contributed by atoms with Gasteiger partial charge in [0.05, 0.1) is 43.4 Å². The first-order valence-corrected chi connectivity index (χ1v) is 25.4. The van der Waals surface area contributed by atoms with Crippen molar-refractivity contribution in [2.24, 2.45) is 23.7 Å². The van der Waals surface area contributed by atoms with E-state index in [1.807, 2.05) is 108 Å². The van der Waals surface area contributed by atoms with Gasteiger partial charge in [-0.3, -0.25) is 0 Å². The van der Waals surface area contributed by atoms with E-state index in [1.54, 1.807) is 18.5 Å². The number of benzene rings is 4. The summed E-state index contributed by atoms with van der Waals surface area (Å²) in [7, 11) is 1.31. The van der Waals surface area contributed by atoms with Crippen molar-refractivity contribution in [3.63, 3.8) is 0 Å². The fourth-order valence-electron chi connectivity index (χ4n) is 10.7. The second-order valence-corrected chi connectivity index (χ2v) is 22.9. The molecule has 0 radical (unpaired) electrons. The predicted molar refractivity (Wildman–Crippen MR) is 261 cm³/mol. The number of hydrogen-bond donors (Lipinski definition) is 0. The second kappa shape index (κ2) is 19.6. The highest BCUT2D eigenvalue weighted by Gasteiger charge is 2.47. The van der Waals surface area contributed by atoms with Crippen LogP contribution in [0.25, 0.3) is 0 Å². The highest BCUT2D eigenvalue weighted by Crippen LogP contribution is 2.49. The van der Waals surface area contributed by atoms with E-state index >= 15 is 0 Å². The lowest BCUT2D eigenvalue weighted by Crippen LogP contribution is -2.50. The molecule has 0 saturated heterocycles. The predicted octanol–water partition coefficient (Wildman–Crippen LogP) is 10.8. The van der Waals surface area contributed by atoms with Crippen LogP contribution in [0.5, 0.6) is 17.2 Å². The number of halogens is 1. The number of methoxy groups -OCH3 is 3. The number of carbonyl (C=O) groups excluding carboxylic acids is 1. The van der Waals surface area contributed by atoms with Gasteiger partial charge in [0.2, 0.25) is 10.0 Å². The first kappa shape index (κ1) is 47.9. The zero-order valence-electron chi connectivity index (χ0n) is 39.8. The van der Waals surface area contributed by atoms with Crippen LogP contribution < -0.4 is 19.1 Å². The second-order valence-electron chi connectivity index (χ2n) is 20.1. The minimum Gasteiger partial charge on any atom is -0.497 e. The van der Waals surface area contributed by atoms with Crippen LogP contribution in [0.15, 0.2) is 96.6 Å². The molecule has 1 aliphatic heterocycles. The van der Waals surface area contributed by atoms with Crippen LogP contribution in [0.1, 0.15) is 99.3 Å². The van der Waals surface area contributed by atoms with E-state index in [2.05, 4.69) is 30.0 Å². The standard InChI is InChI=1S/C54H67ClN2O8S/c1-35(36(2)66(59,60)57(30-37-11-18-45(61-6)19-12-37)31-38-13-20-46(62-7)21-14-38)42-26-43(27-42)51(63-8)47-22-15-41(47)32-56-33-54(25-9-10-39-28-44(55)17-23-48(39)54)34-64-50-24-16-40(29-49(50)56)52(58)65-53(3,4)5/h11-14,16-21,23-24,26,28-29,35-36,41-42,47,51H,9-10,15,22,25,27,30-34H2,1-8H3/t35-,36-,41+,42-,47-,51+,54+/m1/s1. The molecule has 3 aliphatic carbocycles. The summed E-state index contributed by atoms with van der Waals surface area (Å²) >= 11 is 6.53. The highest BCUT2D eigenvalue weighted by atomic mass is 35.5. The van der Waals surface area contributed by atoms with Crippen LogP contribution >= 0.6 is 11.6 Å². The number of nitrogens with zero attached hydrogens (tertiary/aromatic N) is 2. The number of aryl methyl sites for hydroxylation is 1. The topological polar surface area (TPSA) is 104 Å². The van der Waals surface area contributed by atoms with Crippen LogP contribution in [0.4, 0.5) is 5.69 Å². The minimum absolute atomic E-state index is 0.0666. The van der Waals surface area contributed by atoms with Crippen molar-refractivity contribution in [1.29, 1.82) is 0 Å². The molecule has 12 heteroatoms. The molecule has 1 fully saturated rings. The van der Waals surface area contributed by atoms with Crippen molar-refractivity contribution in [3.05, 3.63) is 129 Å². The van der Waals surface area contributed by atoms with E-state index in [0.717, 1.165) is 90.7 Å². The number of sulfonamides is 1. The average molecular weight is 940 g/mol. The molecule has 66 heavy (non-hydrogen) atoms. The number of ether oxygens (including phenoxy) is 5. The van der Waals surface area contributed by atoms with Crippen LogP contribution in [-0.2, 0) is 44.4 Å². The Balaban J connectivity index is 1.01. The number of fused-ring (bicyclic) bond motifs is 3. The van der Waals surface area contributed by atoms with Gasteiger partial charge in [-0.2, -0.15) is 4.31 Å². The summed E-state index contributed by atoms with van der Waals surface area (Å²) in [6, 6.07) is 27.2. The number of allylic oxidation sites excluding steroid dienone is 1. The van der Waals surface area contributed by atoms with Crippen LogP contribution in [0, 0.1) is 23.7 Å². The Kier molecular flexibility index (Phi) is 14.2. The van der Waals surface area contributed by atoms with Gasteiger partial charge < -0.3 is 28.6 Å². The third kappa shape index (κ3) is 10.2. The largest absolute Gasteiger partial charge is 0.497 e. The number of anilines is 1. The molecule has 0 amide bonds. The maximum Gasteiger partial charge on any atom is 0.338 e. The SMILES string of the molecule is COc1ccc(CN(Cc2ccc(OC)cc2)S(=O)(=O)[C@H](C)[C@@H](C)[C@@H]2C=C([C@H](OC)[C@@H]3CC[C@H]3CN3C[C@@]4(CCCc5cc(Cl)ccc54)COc4ccc(C(=O)OC(C)(C)C)cc43)C2)cc1. The monoisotopic (exact) mass is 938 g/mol. The fourth-order valence-corrected chi connectivity index (χ4v) is 12.8. The molecule has 7 atom stereocenters. The van der Waals surface area contributed by atoms with E-state index in [9.17, 15) is 13.2 Å². The molecule has 1 heterocycles. The Morgan fingerprint density at radius 1 is 0.909 bits per heavy atom. The van der Waals surface area contributed by atoms with Crippen LogP contribution in [-0.4, -0.2) is 76.7 Å². The first-order valence-electron chi connectivity index (χ1n) is 23.5. The number of esters is 1. The highest BCUT2D eigenvalue weighted by molar-refractivity contribution is 7.89. The van der Waals surface area contributed by atoms with Crippen molar-refractivity contribution in [2.75, 3.05) is 45.9 Å². The Morgan fingerprint density at radius 3 is 2.14 bits per heavy atom. The van der Waals surface area contributed by atoms with E-state index in [4.69, 9.17) is 35.3 Å². The van der Waals surface area contributed by atoms with Crippen molar-refractivity contribution in [2.45, 2.75) is 109 Å². The summed E-state index contributed by atoms with van der Waals surface area (Å²) in [5.74, 6) is 2.46. The molecule has 10 nitrogen and oxygen atoms in total. The van der Waals surface area contributed by atoms with Gasteiger partial charge in [-0.1, -0.05) is 54.9 Å². The summed E-state index contributed by atoms with van der Waals surface area (Å²) < 4.78 is 60.6. The van der Waals surface area contributed by atoms with Crippen molar-refractivity contribution < 1.29 is 36.9 Å². The van der Waals surface area contributed by atoms with E-state index in [0.29, 0.717) is 24.0 Å². The van der Waals surface area contributed by atoms with Gasteiger partial charge in [0, 0.05) is 43.7 Å². The summed E-state index contributed by atoms with van der Waals surface area (Å²) in [6.07, 6.45) is 8.13.